The molecule has 0 saturated carbocycles. The standard InChI is InChI=1S/C17H22N2O5S/c1-11-6-7-13(10-14(11)18-2)25(20,21)19-12-8-15(22-3)17(24-5)16(9-12)23-4/h6-10,18-19H,1-5H3. The molecule has 0 aromatic heterocycles. The molecule has 0 radical (unpaired) electrons. The summed E-state index contributed by atoms with van der Waals surface area (Å²) in [6.07, 6.45) is 0. The molecule has 0 heterocycles. The van der Waals surface area contributed by atoms with E-state index in [-0.39, 0.29) is 4.90 Å². The molecule has 0 bridgehead atoms. The molecule has 2 aromatic rings. The molecular formula is C17H22N2O5S. The summed E-state index contributed by atoms with van der Waals surface area (Å²) in [6, 6.07) is 7.94. The molecule has 2 rings (SSSR count). The smallest absolute Gasteiger partial charge is 0.261 e. The van der Waals surface area contributed by atoms with Crippen LogP contribution in [0.1, 0.15) is 5.56 Å². The normalized spacial score (nSPS) is 10.9. The van der Waals surface area contributed by atoms with Crippen molar-refractivity contribution in [2.24, 2.45) is 0 Å². The van der Waals surface area contributed by atoms with Crippen LogP contribution in [0.15, 0.2) is 35.2 Å². The average Bonchev–Trinajstić information content (AvgIpc) is 2.60. The lowest BCUT2D eigenvalue weighted by Gasteiger charge is -2.15. The summed E-state index contributed by atoms with van der Waals surface area (Å²) < 4.78 is 43.6. The van der Waals surface area contributed by atoms with Crippen molar-refractivity contribution in [1.29, 1.82) is 0 Å². The minimum atomic E-state index is -3.77. The Balaban J connectivity index is 2.44. The number of sulfonamides is 1. The lowest BCUT2D eigenvalue weighted by molar-refractivity contribution is 0.325. The SMILES string of the molecule is CNc1cc(S(=O)(=O)Nc2cc(OC)c(OC)c(OC)c2)ccc1C. The molecule has 7 nitrogen and oxygen atoms in total. The van der Waals surface area contributed by atoms with E-state index < -0.39 is 10.0 Å². The number of rotatable bonds is 7. The Morgan fingerprint density at radius 1 is 0.920 bits per heavy atom. The number of aryl methyl sites for hydroxylation is 1. The van der Waals surface area contributed by atoms with Gasteiger partial charge in [0.25, 0.3) is 10.0 Å². The van der Waals surface area contributed by atoms with Gasteiger partial charge in [0.05, 0.1) is 31.9 Å². The first kappa shape index (κ1) is 18.7. The second-order valence-electron chi connectivity index (χ2n) is 5.25. The van der Waals surface area contributed by atoms with Gasteiger partial charge in [-0.05, 0) is 24.6 Å². The van der Waals surface area contributed by atoms with Crippen LogP contribution in [-0.2, 0) is 10.0 Å². The number of anilines is 2. The zero-order valence-electron chi connectivity index (χ0n) is 14.8. The van der Waals surface area contributed by atoms with Gasteiger partial charge >= 0.3 is 0 Å². The van der Waals surface area contributed by atoms with Crippen LogP contribution in [0.5, 0.6) is 17.2 Å². The highest BCUT2D eigenvalue weighted by molar-refractivity contribution is 7.92. The topological polar surface area (TPSA) is 85.9 Å². The number of methoxy groups -OCH3 is 3. The van der Waals surface area contributed by atoms with E-state index in [1.807, 2.05) is 6.92 Å². The summed E-state index contributed by atoms with van der Waals surface area (Å²) >= 11 is 0. The Bertz CT molecular complexity index is 840. The maximum Gasteiger partial charge on any atom is 0.261 e. The fourth-order valence-electron chi connectivity index (χ4n) is 2.39. The summed E-state index contributed by atoms with van der Waals surface area (Å²) in [4.78, 5) is 0.149. The average molecular weight is 366 g/mol. The zero-order valence-corrected chi connectivity index (χ0v) is 15.7. The third-order valence-corrected chi connectivity index (χ3v) is 5.08. The number of nitrogens with one attached hydrogen (secondary N) is 2. The summed E-state index contributed by atoms with van der Waals surface area (Å²) in [7, 11) is 2.38. The molecule has 0 unspecified atom stereocenters. The molecule has 0 saturated heterocycles. The van der Waals surface area contributed by atoms with Gasteiger partial charge in [0, 0.05) is 24.9 Å². The highest BCUT2D eigenvalue weighted by Crippen LogP contribution is 2.40. The van der Waals surface area contributed by atoms with Crippen molar-refractivity contribution >= 4 is 21.4 Å². The second-order valence-corrected chi connectivity index (χ2v) is 6.93. The van der Waals surface area contributed by atoms with Crippen LogP contribution in [0.25, 0.3) is 0 Å². The number of ether oxygens (including phenoxy) is 3. The van der Waals surface area contributed by atoms with E-state index in [1.165, 1.54) is 33.5 Å². The van der Waals surface area contributed by atoms with E-state index in [0.717, 1.165) is 11.3 Å². The molecule has 2 aromatic carbocycles. The first-order chi connectivity index (χ1) is 11.9. The Morgan fingerprint density at radius 3 is 2.00 bits per heavy atom. The van der Waals surface area contributed by atoms with Crippen molar-refractivity contribution in [2.75, 3.05) is 38.4 Å². The summed E-state index contributed by atoms with van der Waals surface area (Å²) in [5, 5.41) is 2.97. The number of hydrogen-bond acceptors (Lipinski definition) is 6. The first-order valence-corrected chi connectivity index (χ1v) is 8.95. The molecule has 8 heteroatoms. The summed E-state index contributed by atoms with van der Waals surface area (Å²) in [5.41, 5.74) is 2.00. The van der Waals surface area contributed by atoms with Crippen LogP contribution < -0.4 is 24.2 Å². The lowest BCUT2D eigenvalue weighted by atomic mass is 10.2. The highest BCUT2D eigenvalue weighted by Gasteiger charge is 2.19. The molecule has 136 valence electrons. The minimum absolute atomic E-state index is 0.149. The molecule has 0 spiro atoms. The molecule has 0 amide bonds. The van der Waals surface area contributed by atoms with Crippen molar-refractivity contribution in [1.82, 2.24) is 0 Å². The highest BCUT2D eigenvalue weighted by atomic mass is 32.2. The Kier molecular flexibility index (Phi) is 5.63. The molecular weight excluding hydrogens is 344 g/mol. The van der Waals surface area contributed by atoms with Crippen molar-refractivity contribution in [3.05, 3.63) is 35.9 Å². The Morgan fingerprint density at radius 2 is 1.52 bits per heavy atom. The second kappa shape index (κ2) is 7.52. The van der Waals surface area contributed by atoms with Crippen LogP contribution in [0, 0.1) is 6.92 Å². The van der Waals surface area contributed by atoms with E-state index in [4.69, 9.17) is 14.2 Å². The number of benzene rings is 2. The quantitative estimate of drug-likeness (QED) is 0.784. The van der Waals surface area contributed by atoms with E-state index in [0.29, 0.717) is 22.9 Å². The van der Waals surface area contributed by atoms with Crippen LogP contribution in [0.4, 0.5) is 11.4 Å². The van der Waals surface area contributed by atoms with Gasteiger partial charge in [0.15, 0.2) is 11.5 Å². The largest absolute Gasteiger partial charge is 0.493 e. The maximum atomic E-state index is 12.7. The summed E-state index contributed by atoms with van der Waals surface area (Å²) in [6.45, 7) is 1.90. The fraction of sp³-hybridized carbons (Fsp3) is 0.294. The molecule has 25 heavy (non-hydrogen) atoms. The predicted octanol–water partition coefficient (Wildman–Crippen LogP) is 2.86. The molecule has 0 aliphatic carbocycles. The lowest BCUT2D eigenvalue weighted by Crippen LogP contribution is -2.13. The van der Waals surface area contributed by atoms with Gasteiger partial charge in [-0.1, -0.05) is 6.07 Å². The fourth-order valence-corrected chi connectivity index (χ4v) is 3.46. The number of hydrogen-bond donors (Lipinski definition) is 2. The van der Waals surface area contributed by atoms with E-state index in [2.05, 4.69) is 10.0 Å². The van der Waals surface area contributed by atoms with Crippen molar-refractivity contribution in [3.63, 3.8) is 0 Å². The van der Waals surface area contributed by atoms with Crippen LogP contribution in [-0.4, -0.2) is 36.8 Å². The third-order valence-electron chi connectivity index (χ3n) is 3.71. The predicted molar refractivity (Wildman–Crippen MR) is 97.6 cm³/mol. The zero-order chi connectivity index (χ0) is 18.6. The van der Waals surface area contributed by atoms with Crippen LogP contribution >= 0.6 is 0 Å². The monoisotopic (exact) mass is 366 g/mol. The third kappa shape index (κ3) is 3.90. The van der Waals surface area contributed by atoms with Gasteiger partial charge in [-0.2, -0.15) is 0 Å². The van der Waals surface area contributed by atoms with E-state index >= 15 is 0 Å². The van der Waals surface area contributed by atoms with E-state index in [9.17, 15) is 8.42 Å². The Hall–Kier alpha value is -2.61. The molecule has 0 fully saturated rings. The van der Waals surface area contributed by atoms with Crippen LogP contribution in [0.3, 0.4) is 0 Å². The maximum absolute atomic E-state index is 12.7. The van der Waals surface area contributed by atoms with Crippen molar-refractivity contribution < 1.29 is 22.6 Å². The van der Waals surface area contributed by atoms with Gasteiger partial charge in [0.1, 0.15) is 0 Å². The molecule has 0 aliphatic rings. The van der Waals surface area contributed by atoms with E-state index in [1.54, 1.807) is 25.2 Å². The van der Waals surface area contributed by atoms with Gasteiger partial charge < -0.3 is 19.5 Å². The van der Waals surface area contributed by atoms with Crippen molar-refractivity contribution in [2.45, 2.75) is 11.8 Å². The first-order valence-electron chi connectivity index (χ1n) is 7.47. The molecule has 0 aliphatic heterocycles. The Labute approximate surface area is 148 Å². The summed E-state index contributed by atoms with van der Waals surface area (Å²) in [5.74, 6) is 1.11. The van der Waals surface area contributed by atoms with Crippen LogP contribution in [0.2, 0.25) is 0 Å². The minimum Gasteiger partial charge on any atom is -0.493 e. The van der Waals surface area contributed by atoms with Gasteiger partial charge in [-0.15, -0.1) is 0 Å². The molecule has 0 atom stereocenters. The van der Waals surface area contributed by atoms with Gasteiger partial charge in [0.2, 0.25) is 5.75 Å². The van der Waals surface area contributed by atoms with Gasteiger partial charge in [-0.25, -0.2) is 8.42 Å². The van der Waals surface area contributed by atoms with Crippen molar-refractivity contribution in [3.8, 4) is 17.2 Å². The molecule has 2 N–H and O–H groups in total. The van der Waals surface area contributed by atoms with Gasteiger partial charge in [-0.3, -0.25) is 4.72 Å².